The van der Waals surface area contributed by atoms with E-state index in [1.165, 1.54) is 0 Å². The Morgan fingerprint density at radius 3 is 2.06 bits per heavy atom. The molecule has 174 valence electrons. The van der Waals surface area contributed by atoms with Crippen molar-refractivity contribution in [3.05, 3.63) is 89.4 Å². The molecule has 0 aliphatic carbocycles. The third kappa shape index (κ3) is 7.00. The number of carbonyl (C=O) groups excluding carboxylic acids is 1. The first-order valence-electron chi connectivity index (χ1n) is 11.1. The maximum atomic E-state index is 13.3. The molecule has 33 heavy (non-hydrogen) atoms. The number of hydrogen-bond acceptors (Lipinski definition) is 4. The van der Waals surface area contributed by atoms with Crippen LogP contribution in [0.3, 0.4) is 0 Å². The van der Waals surface area contributed by atoms with E-state index in [1.54, 1.807) is 24.3 Å². The topological polar surface area (TPSA) is 44.8 Å². The average Bonchev–Trinajstić information content (AvgIpc) is 2.76. The van der Waals surface area contributed by atoms with Gasteiger partial charge in [0.2, 0.25) is 0 Å². The zero-order valence-electron chi connectivity index (χ0n) is 19.7. The van der Waals surface area contributed by atoms with Crippen molar-refractivity contribution >= 4 is 17.6 Å². The molecule has 0 saturated carbocycles. The summed E-state index contributed by atoms with van der Waals surface area (Å²) in [6.07, 6.45) is -1.24. The highest BCUT2D eigenvalue weighted by molar-refractivity contribution is 6.30. The summed E-state index contributed by atoms with van der Waals surface area (Å²) in [4.78, 5) is 13.3. The average molecular weight is 467 g/mol. The fraction of sp³-hybridized carbons (Fsp3) is 0.321. The van der Waals surface area contributed by atoms with Crippen LogP contribution in [0.5, 0.6) is 17.2 Å². The molecule has 3 aromatic rings. The number of halogens is 1. The van der Waals surface area contributed by atoms with Crippen molar-refractivity contribution in [2.45, 2.75) is 46.8 Å². The molecule has 0 aliphatic heterocycles. The van der Waals surface area contributed by atoms with Crippen molar-refractivity contribution in [3.63, 3.8) is 0 Å². The van der Waals surface area contributed by atoms with Gasteiger partial charge in [-0.25, -0.2) is 4.79 Å². The predicted octanol–water partition coefficient (Wildman–Crippen LogP) is 7.87. The van der Waals surface area contributed by atoms with Gasteiger partial charge in [0.05, 0.1) is 0 Å². The first kappa shape index (κ1) is 24.7. The standard InChI is InChI=1S/C28H31ClO4/c1-19(2)25(32-23-16-14-21(29)15-17-23)27(30)33-26(28(3,4)5)20-10-9-13-24(18-20)31-22-11-7-6-8-12-22/h6-19,25-26H,1-5H3. The van der Waals surface area contributed by atoms with Gasteiger partial charge in [-0.2, -0.15) is 0 Å². The van der Waals surface area contributed by atoms with Gasteiger partial charge in [0.15, 0.2) is 6.10 Å². The van der Waals surface area contributed by atoms with Gasteiger partial charge in [-0.1, -0.05) is 76.6 Å². The molecule has 0 saturated heterocycles. The van der Waals surface area contributed by atoms with E-state index in [0.717, 1.165) is 11.3 Å². The van der Waals surface area contributed by atoms with E-state index in [2.05, 4.69) is 0 Å². The zero-order valence-corrected chi connectivity index (χ0v) is 20.5. The molecule has 0 bridgehead atoms. The number of esters is 1. The van der Waals surface area contributed by atoms with Crippen molar-refractivity contribution in [1.29, 1.82) is 0 Å². The molecule has 0 radical (unpaired) electrons. The summed E-state index contributed by atoms with van der Waals surface area (Å²) in [5, 5.41) is 0.608. The molecule has 0 N–H and O–H groups in total. The molecular weight excluding hydrogens is 436 g/mol. The van der Waals surface area contributed by atoms with Crippen molar-refractivity contribution in [1.82, 2.24) is 0 Å². The van der Waals surface area contributed by atoms with Gasteiger partial charge in [0, 0.05) is 16.4 Å². The van der Waals surface area contributed by atoms with Gasteiger partial charge in [0.1, 0.15) is 23.4 Å². The van der Waals surface area contributed by atoms with Gasteiger partial charge in [-0.05, 0) is 54.1 Å². The number of rotatable bonds is 8. The van der Waals surface area contributed by atoms with E-state index < -0.39 is 18.2 Å². The quantitative estimate of drug-likeness (QED) is 0.317. The van der Waals surface area contributed by atoms with Crippen molar-refractivity contribution < 1.29 is 19.0 Å². The molecule has 3 aromatic carbocycles. The minimum atomic E-state index is -0.750. The fourth-order valence-corrected chi connectivity index (χ4v) is 3.54. The van der Waals surface area contributed by atoms with Crippen LogP contribution in [0, 0.1) is 11.3 Å². The van der Waals surface area contributed by atoms with E-state index in [0.29, 0.717) is 16.5 Å². The van der Waals surface area contributed by atoms with Gasteiger partial charge in [0.25, 0.3) is 0 Å². The highest BCUT2D eigenvalue weighted by Crippen LogP contribution is 2.38. The van der Waals surface area contributed by atoms with Gasteiger partial charge in [-0.3, -0.25) is 0 Å². The highest BCUT2D eigenvalue weighted by atomic mass is 35.5. The Hall–Kier alpha value is -2.98. The van der Waals surface area contributed by atoms with Gasteiger partial charge in [-0.15, -0.1) is 0 Å². The van der Waals surface area contributed by atoms with Crippen molar-refractivity contribution in [2.24, 2.45) is 11.3 Å². The van der Waals surface area contributed by atoms with E-state index >= 15 is 0 Å². The zero-order chi connectivity index (χ0) is 24.0. The lowest BCUT2D eigenvalue weighted by Crippen LogP contribution is -2.37. The second-order valence-electron chi connectivity index (χ2n) is 9.41. The SMILES string of the molecule is CC(C)C(Oc1ccc(Cl)cc1)C(=O)OC(c1cccc(Oc2ccccc2)c1)C(C)(C)C. The molecule has 2 unspecified atom stereocenters. The minimum Gasteiger partial charge on any atom is -0.478 e. The van der Waals surface area contributed by atoms with Crippen LogP contribution in [-0.4, -0.2) is 12.1 Å². The Balaban J connectivity index is 1.81. The highest BCUT2D eigenvalue weighted by Gasteiger charge is 2.35. The lowest BCUT2D eigenvalue weighted by molar-refractivity contribution is -0.166. The minimum absolute atomic E-state index is 0.0819. The lowest BCUT2D eigenvalue weighted by atomic mass is 9.84. The first-order valence-corrected chi connectivity index (χ1v) is 11.5. The molecule has 0 fully saturated rings. The van der Waals surface area contributed by atoms with Crippen molar-refractivity contribution in [2.75, 3.05) is 0 Å². The summed E-state index contributed by atoms with van der Waals surface area (Å²) in [6, 6.07) is 24.2. The molecular formula is C28H31ClO4. The Bertz CT molecular complexity index is 1040. The van der Waals surface area contributed by atoms with Crippen LogP contribution >= 0.6 is 11.6 Å². The summed E-state index contributed by atoms with van der Waals surface area (Å²) in [6.45, 7) is 9.99. The molecule has 4 nitrogen and oxygen atoms in total. The number of carbonyl (C=O) groups is 1. The monoisotopic (exact) mass is 466 g/mol. The largest absolute Gasteiger partial charge is 0.478 e. The first-order chi connectivity index (χ1) is 15.6. The fourth-order valence-electron chi connectivity index (χ4n) is 3.41. The summed E-state index contributed by atoms with van der Waals surface area (Å²) >= 11 is 5.97. The van der Waals surface area contributed by atoms with Gasteiger partial charge < -0.3 is 14.2 Å². The van der Waals surface area contributed by atoms with E-state index in [-0.39, 0.29) is 11.3 Å². The number of hydrogen-bond donors (Lipinski definition) is 0. The Kier molecular flexibility index (Phi) is 8.04. The maximum Gasteiger partial charge on any atom is 0.348 e. The Morgan fingerprint density at radius 2 is 1.45 bits per heavy atom. The predicted molar refractivity (Wildman–Crippen MR) is 132 cm³/mol. The normalized spacial score (nSPS) is 13.3. The van der Waals surface area contributed by atoms with Crippen LogP contribution in [0.15, 0.2) is 78.9 Å². The second kappa shape index (κ2) is 10.8. The Labute approximate surface area is 201 Å². The van der Waals surface area contributed by atoms with Crippen LogP contribution in [0.2, 0.25) is 5.02 Å². The number of ether oxygens (including phenoxy) is 3. The smallest absolute Gasteiger partial charge is 0.348 e. The molecule has 0 heterocycles. The van der Waals surface area contributed by atoms with Crippen LogP contribution < -0.4 is 9.47 Å². The second-order valence-corrected chi connectivity index (χ2v) is 9.84. The molecule has 0 amide bonds. The summed E-state index contributed by atoms with van der Waals surface area (Å²) < 4.78 is 18.1. The summed E-state index contributed by atoms with van der Waals surface area (Å²) in [5.74, 6) is 1.51. The van der Waals surface area contributed by atoms with Crippen LogP contribution in [-0.2, 0) is 9.53 Å². The third-order valence-electron chi connectivity index (χ3n) is 5.07. The van der Waals surface area contributed by atoms with Crippen LogP contribution in [0.4, 0.5) is 0 Å². The molecule has 0 aromatic heterocycles. The van der Waals surface area contributed by atoms with Gasteiger partial charge >= 0.3 is 5.97 Å². The summed E-state index contributed by atoms with van der Waals surface area (Å²) in [5.41, 5.74) is 0.515. The Morgan fingerprint density at radius 1 is 0.818 bits per heavy atom. The van der Waals surface area contributed by atoms with E-state index in [4.69, 9.17) is 25.8 Å². The molecule has 5 heteroatoms. The third-order valence-corrected chi connectivity index (χ3v) is 5.33. The molecule has 2 atom stereocenters. The number of para-hydroxylation sites is 1. The lowest BCUT2D eigenvalue weighted by Gasteiger charge is -2.33. The summed E-state index contributed by atoms with van der Waals surface area (Å²) in [7, 11) is 0. The molecule has 0 spiro atoms. The molecule has 0 aliphatic rings. The van der Waals surface area contributed by atoms with E-state index in [9.17, 15) is 4.79 Å². The van der Waals surface area contributed by atoms with Crippen molar-refractivity contribution in [3.8, 4) is 17.2 Å². The van der Waals surface area contributed by atoms with E-state index in [1.807, 2.05) is 89.2 Å². The maximum absolute atomic E-state index is 13.3. The van der Waals surface area contributed by atoms with Crippen LogP contribution in [0.25, 0.3) is 0 Å². The van der Waals surface area contributed by atoms with Crippen LogP contribution in [0.1, 0.15) is 46.3 Å². The molecule has 3 rings (SSSR count). The number of benzene rings is 3.